The number of anilines is 1. The van der Waals surface area contributed by atoms with Crippen LogP contribution in [-0.4, -0.2) is 6.54 Å². The second-order valence-electron chi connectivity index (χ2n) is 3.46. The average molecular weight is 173 g/mol. The average Bonchev–Trinajstić information content (AvgIpc) is 2.60. The lowest BCUT2D eigenvalue weighted by Gasteiger charge is -2.19. The summed E-state index contributed by atoms with van der Waals surface area (Å²) in [6, 6.07) is 8.65. The van der Waals surface area contributed by atoms with Crippen LogP contribution in [0.4, 0.5) is 5.69 Å². The number of nitrogens with zero attached hydrogens (tertiary/aromatic N) is 1. The Bertz CT molecular complexity index is 339. The Morgan fingerprint density at radius 3 is 2.92 bits per heavy atom. The third kappa shape index (κ3) is 1.35. The van der Waals surface area contributed by atoms with Gasteiger partial charge in [0.25, 0.3) is 0 Å². The molecule has 1 aliphatic heterocycles. The number of allylic oxidation sites excluding steroid dienone is 2. The Morgan fingerprint density at radius 2 is 2.15 bits per heavy atom. The molecule has 0 radical (unpaired) electrons. The van der Waals surface area contributed by atoms with Gasteiger partial charge in [-0.15, -0.1) is 0 Å². The highest BCUT2D eigenvalue weighted by Gasteiger charge is 2.18. The van der Waals surface area contributed by atoms with Gasteiger partial charge in [-0.2, -0.15) is 0 Å². The molecular formula is C12H15N. The van der Waals surface area contributed by atoms with Gasteiger partial charge in [0, 0.05) is 17.9 Å². The van der Waals surface area contributed by atoms with Crippen molar-refractivity contribution < 1.29 is 0 Å². The van der Waals surface area contributed by atoms with E-state index < -0.39 is 0 Å². The number of benzene rings is 1. The van der Waals surface area contributed by atoms with Crippen LogP contribution in [0.3, 0.4) is 0 Å². The number of rotatable bonds is 1. The lowest BCUT2D eigenvalue weighted by atomic mass is 10.2. The molecule has 1 heteroatoms. The summed E-state index contributed by atoms with van der Waals surface area (Å²) < 4.78 is 0. The summed E-state index contributed by atoms with van der Waals surface area (Å²) in [5.41, 5.74) is 4.21. The minimum atomic E-state index is 1.13. The third-order valence-electron chi connectivity index (χ3n) is 2.73. The summed E-state index contributed by atoms with van der Waals surface area (Å²) in [6.45, 7) is 5.40. The molecule has 1 heterocycles. The van der Waals surface area contributed by atoms with Crippen LogP contribution in [0, 0.1) is 0 Å². The van der Waals surface area contributed by atoms with Gasteiger partial charge in [0.1, 0.15) is 0 Å². The van der Waals surface area contributed by atoms with E-state index in [0.717, 1.165) is 6.54 Å². The molecule has 1 nitrogen and oxygen atoms in total. The van der Waals surface area contributed by atoms with Crippen molar-refractivity contribution in [1.82, 2.24) is 0 Å². The highest BCUT2D eigenvalue weighted by atomic mass is 15.2. The number of hydrogen-bond donors (Lipinski definition) is 0. The lowest BCUT2D eigenvalue weighted by Crippen LogP contribution is -2.17. The predicted octanol–water partition coefficient (Wildman–Crippen LogP) is 2.97. The maximum Gasteiger partial charge on any atom is 0.0441 e. The first-order valence-electron chi connectivity index (χ1n) is 4.81. The summed E-state index contributed by atoms with van der Waals surface area (Å²) >= 11 is 0. The first kappa shape index (κ1) is 8.36. The fourth-order valence-electron chi connectivity index (χ4n) is 1.86. The zero-order valence-electron chi connectivity index (χ0n) is 8.25. The molecule has 0 amide bonds. The van der Waals surface area contributed by atoms with Gasteiger partial charge >= 0.3 is 0 Å². The molecule has 0 N–H and O–H groups in total. The van der Waals surface area contributed by atoms with Gasteiger partial charge in [-0.25, -0.2) is 0 Å². The molecule has 1 aromatic carbocycles. The molecule has 0 spiro atoms. The van der Waals surface area contributed by atoms with Crippen LogP contribution < -0.4 is 4.90 Å². The topological polar surface area (TPSA) is 3.24 Å². The summed E-state index contributed by atoms with van der Waals surface area (Å²) in [5, 5.41) is 0. The fourth-order valence-corrected chi connectivity index (χ4v) is 1.86. The highest BCUT2D eigenvalue weighted by molar-refractivity contribution is 5.61. The third-order valence-corrected chi connectivity index (χ3v) is 2.73. The van der Waals surface area contributed by atoms with Crippen molar-refractivity contribution >= 4 is 5.69 Å². The molecular weight excluding hydrogens is 158 g/mol. The van der Waals surface area contributed by atoms with E-state index in [0.29, 0.717) is 0 Å². The molecule has 0 atom stereocenters. The van der Waals surface area contributed by atoms with Crippen LogP contribution in [0.1, 0.15) is 19.4 Å². The number of fused-ring (bicyclic) bond motifs is 1. The van der Waals surface area contributed by atoms with E-state index in [4.69, 9.17) is 0 Å². The summed E-state index contributed by atoms with van der Waals surface area (Å²) in [5.74, 6) is 0. The van der Waals surface area contributed by atoms with Gasteiger partial charge in [-0.1, -0.05) is 24.3 Å². The largest absolute Gasteiger partial charge is 0.345 e. The molecule has 1 aliphatic rings. The van der Waals surface area contributed by atoms with Crippen molar-refractivity contribution in [3.63, 3.8) is 0 Å². The maximum absolute atomic E-state index is 2.38. The van der Waals surface area contributed by atoms with E-state index in [1.165, 1.54) is 23.4 Å². The highest BCUT2D eigenvalue weighted by Crippen LogP contribution is 2.30. The molecule has 0 saturated carbocycles. The molecule has 0 fully saturated rings. The van der Waals surface area contributed by atoms with Crippen molar-refractivity contribution in [2.75, 3.05) is 11.4 Å². The van der Waals surface area contributed by atoms with Crippen molar-refractivity contribution in [2.45, 2.75) is 20.3 Å². The summed E-state index contributed by atoms with van der Waals surface area (Å²) in [7, 11) is 0. The first-order chi connectivity index (χ1) is 6.33. The first-order valence-corrected chi connectivity index (χ1v) is 4.81. The Hall–Kier alpha value is -1.24. The Kier molecular flexibility index (Phi) is 2.09. The monoisotopic (exact) mass is 173 g/mol. The number of para-hydroxylation sites is 1. The van der Waals surface area contributed by atoms with E-state index in [1.807, 2.05) is 0 Å². The van der Waals surface area contributed by atoms with Gasteiger partial charge in [-0.3, -0.25) is 0 Å². The normalized spacial score (nSPS) is 16.2. The van der Waals surface area contributed by atoms with Gasteiger partial charge in [-0.05, 0) is 31.9 Å². The summed E-state index contributed by atoms with van der Waals surface area (Å²) in [4.78, 5) is 2.38. The standard InChI is InChI=1S/C12H15N/c1-3-10(2)13-9-8-11-6-4-5-7-12(11)13/h3-7H,8-9H2,1-2H3/b10-3+. The van der Waals surface area contributed by atoms with Crippen molar-refractivity contribution in [1.29, 1.82) is 0 Å². The van der Waals surface area contributed by atoms with E-state index >= 15 is 0 Å². The van der Waals surface area contributed by atoms with Crippen molar-refractivity contribution in [3.8, 4) is 0 Å². The van der Waals surface area contributed by atoms with Crippen LogP contribution in [0.25, 0.3) is 0 Å². The Morgan fingerprint density at radius 1 is 1.38 bits per heavy atom. The molecule has 0 saturated heterocycles. The van der Waals surface area contributed by atoms with Gasteiger partial charge in [0.15, 0.2) is 0 Å². The molecule has 68 valence electrons. The molecule has 0 unspecified atom stereocenters. The van der Waals surface area contributed by atoms with Crippen LogP contribution in [0.5, 0.6) is 0 Å². The van der Waals surface area contributed by atoms with Gasteiger partial charge in [0.2, 0.25) is 0 Å². The van der Waals surface area contributed by atoms with E-state index in [2.05, 4.69) is 49.1 Å². The van der Waals surface area contributed by atoms with Gasteiger partial charge in [0.05, 0.1) is 0 Å². The molecule has 1 aromatic rings. The van der Waals surface area contributed by atoms with Gasteiger partial charge < -0.3 is 4.90 Å². The Labute approximate surface area is 79.7 Å². The van der Waals surface area contributed by atoms with Crippen molar-refractivity contribution in [3.05, 3.63) is 41.6 Å². The second-order valence-corrected chi connectivity index (χ2v) is 3.46. The van der Waals surface area contributed by atoms with Crippen LogP contribution >= 0.6 is 0 Å². The molecule has 0 aromatic heterocycles. The SMILES string of the molecule is C/C=C(\C)N1CCc2ccccc21. The number of hydrogen-bond acceptors (Lipinski definition) is 1. The minimum absolute atomic E-state index is 1.13. The molecule has 0 bridgehead atoms. The van der Waals surface area contributed by atoms with Crippen molar-refractivity contribution in [2.24, 2.45) is 0 Å². The van der Waals surface area contributed by atoms with Crippen LogP contribution in [0.2, 0.25) is 0 Å². The smallest absolute Gasteiger partial charge is 0.0441 e. The van der Waals surface area contributed by atoms with E-state index in [9.17, 15) is 0 Å². The van der Waals surface area contributed by atoms with Crippen LogP contribution in [-0.2, 0) is 6.42 Å². The zero-order chi connectivity index (χ0) is 9.26. The zero-order valence-corrected chi connectivity index (χ0v) is 8.25. The van der Waals surface area contributed by atoms with E-state index in [1.54, 1.807) is 0 Å². The lowest BCUT2D eigenvalue weighted by molar-refractivity contribution is 0.942. The van der Waals surface area contributed by atoms with Crippen LogP contribution in [0.15, 0.2) is 36.0 Å². The quantitative estimate of drug-likeness (QED) is 0.631. The maximum atomic E-state index is 2.38. The molecule has 2 rings (SSSR count). The summed E-state index contributed by atoms with van der Waals surface area (Å²) in [6.07, 6.45) is 3.35. The van der Waals surface area contributed by atoms with E-state index in [-0.39, 0.29) is 0 Å². The predicted molar refractivity (Wildman–Crippen MR) is 56.9 cm³/mol. The molecule has 13 heavy (non-hydrogen) atoms. The molecule has 0 aliphatic carbocycles. The minimum Gasteiger partial charge on any atom is -0.345 e. The Balaban J connectivity index is 2.39. The fraction of sp³-hybridized carbons (Fsp3) is 0.333. The second kappa shape index (κ2) is 3.25.